The highest BCUT2D eigenvalue weighted by Gasteiger charge is 2.27. The maximum Gasteiger partial charge on any atom is 0.286 e. The van der Waals surface area contributed by atoms with Gasteiger partial charge in [0.05, 0.1) is 6.04 Å². The highest BCUT2D eigenvalue weighted by atomic mass is 16.4. The van der Waals surface area contributed by atoms with E-state index in [0.29, 0.717) is 18.7 Å². The molecule has 0 spiro atoms. The van der Waals surface area contributed by atoms with Crippen LogP contribution in [0.25, 0.3) is 0 Å². The summed E-state index contributed by atoms with van der Waals surface area (Å²) < 4.78 is 5.39. The quantitative estimate of drug-likeness (QED) is 0.602. The Morgan fingerprint density at radius 1 is 1.42 bits per heavy atom. The third-order valence-corrected chi connectivity index (χ3v) is 2.71. The lowest BCUT2D eigenvalue weighted by Gasteiger charge is -2.13. The molecule has 0 saturated carbocycles. The van der Waals surface area contributed by atoms with E-state index in [1.54, 1.807) is 0 Å². The Morgan fingerprint density at radius 2 is 2.11 bits per heavy atom. The highest BCUT2D eigenvalue weighted by molar-refractivity contribution is 5.96. The molecule has 0 aliphatic heterocycles. The normalized spacial score (nSPS) is 13.1. The molecular weight excluding hydrogens is 246 g/mol. The number of rotatable bonds is 7. The Kier molecular flexibility index (Phi) is 5.20. The molecule has 0 aliphatic carbocycles. The van der Waals surface area contributed by atoms with Crippen molar-refractivity contribution in [3.8, 4) is 0 Å². The van der Waals surface area contributed by atoms with Crippen LogP contribution in [0.5, 0.6) is 0 Å². The first-order chi connectivity index (χ1) is 8.90. The molecule has 19 heavy (non-hydrogen) atoms. The van der Waals surface area contributed by atoms with Crippen molar-refractivity contribution in [3.63, 3.8) is 0 Å². The summed E-state index contributed by atoms with van der Waals surface area (Å²) in [6, 6.07) is -0.592. The maximum atomic E-state index is 12.2. The molecule has 1 atom stereocenters. The van der Waals surface area contributed by atoms with Crippen molar-refractivity contribution in [2.24, 2.45) is 0 Å². The number of unbranched alkanes of at least 4 members (excludes halogenated alkanes) is 1. The lowest BCUT2D eigenvalue weighted by Crippen LogP contribution is -2.36. The van der Waals surface area contributed by atoms with Gasteiger partial charge < -0.3 is 9.73 Å². The average molecular weight is 267 g/mol. The second-order valence-corrected chi connectivity index (χ2v) is 5.51. The second-order valence-electron chi connectivity index (χ2n) is 5.51. The van der Waals surface area contributed by atoms with Crippen LogP contribution >= 0.6 is 0 Å². The molecule has 1 amide bonds. The highest BCUT2D eigenvalue weighted by Crippen LogP contribution is 2.21. The molecule has 1 rings (SSSR count). The van der Waals surface area contributed by atoms with E-state index in [4.69, 9.17) is 4.42 Å². The van der Waals surface area contributed by atoms with E-state index >= 15 is 0 Å². The van der Waals surface area contributed by atoms with Gasteiger partial charge in [-0.15, -0.1) is 10.2 Å². The molecule has 106 valence electrons. The van der Waals surface area contributed by atoms with Gasteiger partial charge in [0.2, 0.25) is 18.1 Å². The zero-order valence-corrected chi connectivity index (χ0v) is 11.9. The van der Waals surface area contributed by atoms with Crippen molar-refractivity contribution in [1.29, 1.82) is 0 Å². The predicted octanol–water partition coefficient (Wildman–Crippen LogP) is 1.85. The monoisotopic (exact) mass is 267 g/mol. The molecule has 0 aromatic carbocycles. The van der Waals surface area contributed by atoms with Crippen LogP contribution in [0.2, 0.25) is 0 Å². The minimum absolute atomic E-state index is 0.0413. The number of hydrogen-bond donors (Lipinski definition) is 1. The van der Waals surface area contributed by atoms with E-state index in [9.17, 15) is 9.59 Å². The predicted molar refractivity (Wildman–Crippen MR) is 69.8 cm³/mol. The van der Waals surface area contributed by atoms with Gasteiger partial charge in [0, 0.05) is 5.41 Å². The first kappa shape index (κ1) is 15.3. The van der Waals surface area contributed by atoms with E-state index < -0.39 is 6.04 Å². The Morgan fingerprint density at radius 3 is 2.58 bits per heavy atom. The number of amides is 1. The molecule has 6 heteroatoms. The SMILES string of the molecule is CCCCC(NC=O)C(=O)c1nnc(C(C)(C)C)o1. The minimum Gasteiger partial charge on any atom is -0.418 e. The van der Waals surface area contributed by atoms with Crippen molar-refractivity contribution >= 4 is 12.2 Å². The van der Waals surface area contributed by atoms with Crippen LogP contribution in [0.1, 0.15) is 63.5 Å². The number of ketones is 1. The number of hydrogen-bond acceptors (Lipinski definition) is 5. The van der Waals surface area contributed by atoms with Gasteiger partial charge in [0.15, 0.2) is 0 Å². The van der Waals surface area contributed by atoms with E-state index in [-0.39, 0.29) is 17.1 Å². The smallest absolute Gasteiger partial charge is 0.286 e. The number of carbonyl (C=O) groups excluding carboxylic acids is 2. The van der Waals surface area contributed by atoms with Crippen molar-refractivity contribution < 1.29 is 14.0 Å². The van der Waals surface area contributed by atoms with E-state index in [1.165, 1.54) is 0 Å². The van der Waals surface area contributed by atoms with E-state index in [2.05, 4.69) is 15.5 Å². The third kappa shape index (κ3) is 4.15. The molecule has 6 nitrogen and oxygen atoms in total. The van der Waals surface area contributed by atoms with Crippen molar-refractivity contribution in [2.45, 2.75) is 58.4 Å². The molecule has 0 saturated heterocycles. The number of nitrogens with one attached hydrogen (secondary N) is 1. The maximum absolute atomic E-state index is 12.2. The Labute approximate surface area is 113 Å². The summed E-state index contributed by atoms with van der Waals surface area (Å²) in [5, 5.41) is 10.2. The third-order valence-electron chi connectivity index (χ3n) is 2.71. The summed E-state index contributed by atoms with van der Waals surface area (Å²) in [4.78, 5) is 22.7. The van der Waals surface area contributed by atoms with Gasteiger partial charge in [-0.1, -0.05) is 40.5 Å². The Bertz CT molecular complexity index is 435. The average Bonchev–Trinajstić information content (AvgIpc) is 2.83. The number of carbonyl (C=O) groups is 2. The van der Waals surface area contributed by atoms with Crippen LogP contribution < -0.4 is 5.32 Å². The van der Waals surface area contributed by atoms with Gasteiger partial charge in [0.25, 0.3) is 5.89 Å². The van der Waals surface area contributed by atoms with Gasteiger partial charge in [-0.3, -0.25) is 9.59 Å². The largest absolute Gasteiger partial charge is 0.418 e. The van der Waals surface area contributed by atoms with Gasteiger partial charge in [-0.2, -0.15) is 0 Å². The fraction of sp³-hybridized carbons (Fsp3) is 0.692. The molecule has 1 N–H and O–H groups in total. The van der Waals surface area contributed by atoms with Crippen LogP contribution in [-0.4, -0.2) is 28.4 Å². The molecule has 1 aromatic rings. The zero-order valence-electron chi connectivity index (χ0n) is 11.9. The van der Waals surface area contributed by atoms with Crippen LogP contribution in [0.4, 0.5) is 0 Å². The lowest BCUT2D eigenvalue weighted by molar-refractivity contribution is -0.110. The Hall–Kier alpha value is -1.72. The van der Waals surface area contributed by atoms with Crippen LogP contribution in [-0.2, 0) is 10.2 Å². The van der Waals surface area contributed by atoms with Gasteiger partial charge in [0.1, 0.15) is 0 Å². The molecule has 1 unspecified atom stereocenters. The van der Waals surface area contributed by atoms with E-state index in [0.717, 1.165) is 12.8 Å². The number of aromatic nitrogens is 2. The minimum atomic E-state index is -0.592. The summed E-state index contributed by atoms with van der Waals surface area (Å²) in [6.45, 7) is 7.79. The van der Waals surface area contributed by atoms with Crippen molar-refractivity contribution in [2.75, 3.05) is 0 Å². The van der Waals surface area contributed by atoms with Gasteiger partial charge >= 0.3 is 0 Å². The van der Waals surface area contributed by atoms with Gasteiger partial charge in [-0.05, 0) is 6.42 Å². The topological polar surface area (TPSA) is 85.1 Å². The fourth-order valence-corrected chi connectivity index (χ4v) is 1.56. The van der Waals surface area contributed by atoms with Crippen LogP contribution in [0, 0.1) is 0 Å². The van der Waals surface area contributed by atoms with Crippen LogP contribution in [0.3, 0.4) is 0 Å². The van der Waals surface area contributed by atoms with E-state index in [1.807, 2.05) is 27.7 Å². The zero-order chi connectivity index (χ0) is 14.5. The molecule has 1 aromatic heterocycles. The lowest BCUT2D eigenvalue weighted by atomic mass is 9.97. The molecule has 0 fully saturated rings. The Balaban J connectivity index is 2.84. The summed E-state index contributed by atoms with van der Waals surface area (Å²) in [6.07, 6.45) is 2.89. The first-order valence-corrected chi connectivity index (χ1v) is 6.48. The number of nitrogens with zero attached hydrogens (tertiary/aromatic N) is 2. The fourth-order valence-electron chi connectivity index (χ4n) is 1.56. The summed E-state index contributed by atoms with van der Waals surface area (Å²) in [5.74, 6) is 0.0418. The second kappa shape index (κ2) is 6.45. The molecular formula is C13H21N3O3. The first-order valence-electron chi connectivity index (χ1n) is 6.48. The summed E-state index contributed by atoms with van der Waals surface area (Å²) in [5.41, 5.74) is -0.303. The summed E-state index contributed by atoms with van der Waals surface area (Å²) in [7, 11) is 0. The molecule has 1 heterocycles. The van der Waals surface area contributed by atoms with Crippen molar-refractivity contribution in [1.82, 2.24) is 15.5 Å². The van der Waals surface area contributed by atoms with Gasteiger partial charge in [-0.25, -0.2) is 0 Å². The van der Waals surface area contributed by atoms with Crippen molar-refractivity contribution in [3.05, 3.63) is 11.8 Å². The summed E-state index contributed by atoms with van der Waals surface area (Å²) >= 11 is 0. The molecule has 0 aliphatic rings. The molecule has 0 radical (unpaired) electrons. The molecule has 0 bridgehead atoms. The number of Topliss-reactive ketones (excluding diaryl/α,β-unsaturated/α-hetero) is 1. The van der Waals surface area contributed by atoms with Crippen LogP contribution in [0.15, 0.2) is 4.42 Å². The standard InChI is InChI=1S/C13H21N3O3/c1-5-6-7-9(14-8-17)10(18)11-15-16-12(19-11)13(2,3)4/h8-9H,5-7H2,1-4H3,(H,14,17).